The molecule has 1 aliphatic carbocycles. The van der Waals surface area contributed by atoms with E-state index < -0.39 is 0 Å². The molecule has 3 heterocycles. The van der Waals surface area contributed by atoms with E-state index in [1.54, 1.807) is 6.21 Å². The van der Waals surface area contributed by atoms with Gasteiger partial charge in [-0.2, -0.15) is 0 Å². The number of nitrogens with one attached hydrogen (secondary N) is 1. The lowest BCUT2D eigenvalue weighted by molar-refractivity contribution is 0.352. The molecule has 0 amide bonds. The van der Waals surface area contributed by atoms with Crippen molar-refractivity contribution < 1.29 is 0 Å². The first-order valence-electron chi connectivity index (χ1n) is 6.47. The highest BCUT2D eigenvalue weighted by Gasteiger charge is 2.29. The Morgan fingerprint density at radius 3 is 3.05 bits per heavy atom. The molecule has 5 heteroatoms. The number of aromatic amines is 1. The van der Waals surface area contributed by atoms with Crippen LogP contribution in [0.2, 0.25) is 0 Å². The standard InChI is InChI=1S/C15H12N4O/c20-14-13(10-5-2-1-3-6-11(10)17-14)12-9-19-8-4-7-16-15(19)18-12/h1-8,15H,9H2,(H,17,20). The molecule has 4 aliphatic rings. The molecule has 1 atom stereocenters. The molecule has 3 aliphatic heterocycles. The third kappa shape index (κ3) is 1.60. The van der Waals surface area contributed by atoms with Gasteiger partial charge >= 0.3 is 0 Å². The SMILES string of the molecule is O=c1[nH]c2cccccc-2c1C1=NC2N=CC=CN2C1. The molecule has 0 aromatic rings. The van der Waals surface area contributed by atoms with Gasteiger partial charge in [0, 0.05) is 23.7 Å². The number of aromatic nitrogens is 1. The van der Waals surface area contributed by atoms with E-state index in [4.69, 9.17) is 0 Å². The van der Waals surface area contributed by atoms with Crippen molar-refractivity contribution in [3.63, 3.8) is 0 Å². The van der Waals surface area contributed by atoms with Crippen LogP contribution >= 0.6 is 0 Å². The summed E-state index contributed by atoms with van der Waals surface area (Å²) >= 11 is 0. The Morgan fingerprint density at radius 1 is 1.25 bits per heavy atom. The maximum atomic E-state index is 12.2. The van der Waals surface area contributed by atoms with Gasteiger partial charge in [0.1, 0.15) is 0 Å². The summed E-state index contributed by atoms with van der Waals surface area (Å²) in [5.41, 5.74) is 3.11. The van der Waals surface area contributed by atoms with Crippen LogP contribution in [0.3, 0.4) is 0 Å². The van der Waals surface area contributed by atoms with E-state index >= 15 is 0 Å². The summed E-state index contributed by atoms with van der Waals surface area (Å²) in [6.45, 7) is 0.610. The van der Waals surface area contributed by atoms with Gasteiger partial charge in [0.05, 0.1) is 17.8 Å². The van der Waals surface area contributed by atoms with Crippen molar-refractivity contribution in [3.8, 4) is 11.3 Å². The second-order valence-corrected chi connectivity index (χ2v) is 4.80. The molecule has 0 bridgehead atoms. The van der Waals surface area contributed by atoms with E-state index in [-0.39, 0.29) is 11.8 Å². The predicted octanol–water partition coefficient (Wildman–Crippen LogP) is 1.47. The summed E-state index contributed by atoms with van der Waals surface area (Å²) in [5.74, 6) is 0. The first-order valence-corrected chi connectivity index (χ1v) is 6.47. The van der Waals surface area contributed by atoms with Crippen molar-refractivity contribution in [1.82, 2.24) is 9.88 Å². The molecule has 0 spiro atoms. The summed E-state index contributed by atoms with van der Waals surface area (Å²) < 4.78 is 0. The number of allylic oxidation sites excluding steroid dienone is 1. The molecule has 0 aromatic carbocycles. The zero-order valence-electron chi connectivity index (χ0n) is 10.7. The Kier molecular flexibility index (Phi) is 2.32. The molecule has 1 unspecified atom stereocenters. The van der Waals surface area contributed by atoms with Gasteiger partial charge in [-0.3, -0.25) is 4.79 Å². The maximum Gasteiger partial charge on any atom is 0.258 e. The average molecular weight is 264 g/mol. The first-order chi connectivity index (χ1) is 9.83. The lowest BCUT2D eigenvalue weighted by atomic mass is 10.1. The van der Waals surface area contributed by atoms with Crippen LogP contribution in [0.1, 0.15) is 5.56 Å². The van der Waals surface area contributed by atoms with Gasteiger partial charge in [-0.05, 0) is 12.1 Å². The first kappa shape index (κ1) is 11.2. The van der Waals surface area contributed by atoms with Crippen LogP contribution in [0.25, 0.3) is 11.3 Å². The lowest BCUT2D eigenvalue weighted by Crippen LogP contribution is -2.27. The maximum absolute atomic E-state index is 12.2. The van der Waals surface area contributed by atoms with E-state index in [1.165, 1.54) is 0 Å². The summed E-state index contributed by atoms with van der Waals surface area (Å²) in [7, 11) is 0. The zero-order chi connectivity index (χ0) is 13.5. The molecule has 0 radical (unpaired) electrons. The molecule has 0 aromatic heterocycles. The highest BCUT2D eigenvalue weighted by atomic mass is 16.1. The van der Waals surface area contributed by atoms with Gasteiger partial charge in [0.25, 0.3) is 5.56 Å². The van der Waals surface area contributed by atoms with Crippen molar-refractivity contribution in [1.29, 1.82) is 0 Å². The second-order valence-electron chi connectivity index (χ2n) is 4.80. The molecule has 20 heavy (non-hydrogen) atoms. The Labute approximate surface area is 115 Å². The van der Waals surface area contributed by atoms with E-state index in [2.05, 4.69) is 15.0 Å². The van der Waals surface area contributed by atoms with Crippen molar-refractivity contribution in [2.75, 3.05) is 6.54 Å². The molecule has 0 saturated heterocycles. The Hall–Kier alpha value is -2.69. The van der Waals surface area contributed by atoms with Crippen molar-refractivity contribution in [3.05, 3.63) is 58.5 Å². The smallest absolute Gasteiger partial charge is 0.258 e. The monoisotopic (exact) mass is 264 g/mol. The highest BCUT2D eigenvalue weighted by molar-refractivity contribution is 6.08. The van der Waals surface area contributed by atoms with Crippen molar-refractivity contribution in [2.45, 2.75) is 6.29 Å². The summed E-state index contributed by atoms with van der Waals surface area (Å²) in [4.78, 5) is 26.0. The van der Waals surface area contributed by atoms with E-state index in [0.717, 1.165) is 17.0 Å². The van der Waals surface area contributed by atoms with Crippen LogP contribution in [0.15, 0.2) is 57.4 Å². The minimum Gasteiger partial charge on any atom is -0.332 e. The van der Waals surface area contributed by atoms with Crippen LogP contribution in [0.5, 0.6) is 0 Å². The molecule has 1 N–H and O–H groups in total. The van der Waals surface area contributed by atoms with Gasteiger partial charge in [0.2, 0.25) is 6.29 Å². The topological polar surface area (TPSA) is 60.8 Å². The van der Waals surface area contributed by atoms with Gasteiger partial charge < -0.3 is 9.88 Å². The summed E-state index contributed by atoms with van der Waals surface area (Å²) in [6.07, 6.45) is 5.34. The number of fused-ring (bicyclic) bond motifs is 2. The number of aliphatic imine (C=N–C) groups is 2. The van der Waals surface area contributed by atoms with E-state index in [1.807, 2.05) is 47.5 Å². The minimum absolute atomic E-state index is 0.0854. The average Bonchev–Trinajstić information content (AvgIpc) is 2.92. The number of nitrogens with zero attached hydrogens (tertiary/aromatic N) is 3. The quantitative estimate of drug-likeness (QED) is 0.847. The third-order valence-corrected chi connectivity index (χ3v) is 3.55. The highest BCUT2D eigenvalue weighted by Crippen LogP contribution is 2.25. The molecule has 0 fully saturated rings. The third-order valence-electron chi connectivity index (χ3n) is 3.55. The zero-order valence-corrected chi connectivity index (χ0v) is 10.7. The van der Waals surface area contributed by atoms with Gasteiger partial charge in [-0.25, -0.2) is 9.98 Å². The predicted molar refractivity (Wildman–Crippen MR) is 78.3 cm³/mol. The van der Waals surface area contributed by atoms with Gasteiger partial charge in [-0.1, -0.05) is 24.3 Å². The molecule has 4 rings (SSSR count). The van der Waals surface area contributed by atoms with Crippen LogP contribution < -0.4 is 5.56 Å². The Balaban J connectivity index is 1.85. The van der Waals surface area contributed by atoms with Crippen LogP contribution in [-0.4, -0.2) is 34.6 Å². The van der Waals surface area contributed by atoms with E-state index in [9.17, 15) is 4.79 Å². The van der Waals surface area contributed by atoms with Crippen LogP contribution in [0.4, 0.5) is 0 Å². The van der Waals surface area contributed by atoms with Crippen LogP contribution in [0, 0.1) is 0 Å². The molecule has 0 saturated carbocycles. The minimum atomic E-state index is -0.225. The molecule has 5 nitrogen and oxygen atoms in total. The van der Waals surface area contributed by atoms with Crippen molar-refractivity contribution >= 4 is 11.9 Å². The van der Waals surface area contributed by atoms with Crippen molar-refractivity contribution in [2.24, 2.45) is 9.98 Å². The fourth-order valence-electron chi connectivity index (χ4n) is 2.64. The summed E-state index contributed by atoms with van der Waals surface area (Å²) in [5, 5.41) is 0. The Bertz CT molecular complexity index is 787. The van der Waals surface area contributed by atoms with Gasteiger partial charge in [-0.15, -0.1) is 0 Å². The molecule has 98 valence electrons. The largest absolute Gasteiger partial charge is 0.332 e. The summed E-state index contributed by atoms with van der Waals surface area (Å²) in [6, 6.07) is 9.63. The number of hydrogen-bond donors (Lipinski definition) is 1. The number of H-pyrrole nitrogens is 1. The number of hydrogen-bond acceptors (Lipinski definition) is 4. The fourth-order valence-corrected chi connectivity index (χ4v) is 2.64. The van der Waals surface area contributed by atoms with Crippen LogP contribution in [-0.2, 0) is 0 Å². The van der Waals surface area contributed by atoms with Gasteiger partial charge in [0.15, 0.2) is 0 Å². The molecular weight excluding hydrogens is 252 g/mol. The lowest BCUT2D eigenvalue weighted by Gasteiger charge is -2.18. The van der Waals surface area contributed by atoms with E-state index in [0.29, 0.717) is 12.1 Å². The Morgan fingerprint density at radius 2 is 2.15 bits per heavy atom. The number of rotatable bonds is 1. The molecular formula is C15H12N4O. The normalized spacial score (nSPS) is 20.3. The second kappa shape index (κ2) is 4.16. The fraction of sp³-hybridized carbons (Fsp3) is 0.133.